The van der Waals surface area contributed by atoms with Crippen molar-refractivity contribution in [1.82, 2.24) is 20.6 Å². The summed E-state index contributed by atoms with van der Waals surface area (Å²) in [6.07, 6.45) is 7.46. The second-order valence-corrected chi connectivity index (χ2v) is 10.4. The van der Waals surface area contributed by atoms with Crippen LogP contribution in [0.2, 0.25) is 5.02 Å². The Balaban J connectivity index is 1.23. The minimum atomic E-state index is -0.506. The Morgan fingerprint density at radius 2 is 1.80 bits per heavy atom. The predicted octanol–water partition coefficient (Wildman–Crippen LogP) is 3.89. The van der Waals surface area contributed by atoms with E-state index < -0.39 is 5.41 Å². The van der Waals surface area contributed by atoms with Gasteiger partial charge in [0, 0.05) is 24.0 Å². The summed E-state index contributed by atoms with van der Waals surface area (Å²) in [6, 6.07) is 2.98. The largest absolute Gasteiger partial charge is 0.348 e. The molecule has 1 aromatic carbocycles. The van der Waals surface area contributed by atoms with E-state index in [1.54, 1.807) is 17.9 Å². The fraction of sp³-hybridized carbons (Fsp3) is 0.520. The molecule has 186 valence electrons. The Labute approximate surface area is 208 Å². The van der Waals surface area contributed by atoms with Gasteiger partial charge in [-0.15, -0.1) is 0 Å². The van der Waals surface area contributed by atoms with E-state index in [-0.39, 0.29) is 52.0 Å². The number of nitrogens with zero attached hydrogens (tertiary/aromatic N) is 2. The zero-order valence-corrected chi connectivity index (χ0v) is 20.4. The van der Waals surface area contributed by atoms with E-state index in [0.29, 0.717) is 43.5 Å². The second kappa shape index (κ2) is 9.26. The van der Waals surface area contributed by atoms with Crippen LogP contribution in [0.5, 0.6) is 0 Å². The van der Waals surface area contributed by atoms with Crippen molar-refractivity contribution in [3.8, 4) is 0 Å². The lowest BCUT2D eigenvalue weighted by Gasteiger charge is -2.45. The number of anilines is 1. The molecular weight excluding hydrogens is 473 g/mol. The van der Waals surface area contributed by atoms with Gasteiger partial charge in [0.1, 0.15) is 11.5 Å². The Hall–Kier alpha value is -2.94. The Morgan fingerprint density at radius 3 is 2.51 bits per heavy atom. The van der Waals surface area contributed by atoms with Gasteiger partial charge >= 0.3 is 0 Å². The highest BCUT2D eigenvalue weighted by Crippen LogP contribution is 2.46. The number of imidazole rings is 1. The smallest absolute Gasteiger partial charge is 0.272 e. The summed E-state index contributed by atoms with van der Waals surface area (Å²) in [4.78, 5) is 47.4. The summed E-state index contributed by atoms with van der Waals surface area (Å²) in [5, 5.41) is 6.10. The van der Waals surface area contributed by atoms with Crippen molar-refractivity contribution in [3.63, 3.8) is 0 Å². The van der Waals surface area contributed by atoms with Gasteiger partial charge in [0.15, 0.2) is 5.69 Å². The molecule has 0 radical (unpaired) electrons. The number of amides is 3. The van der Waals surface area contributed by atoms with Gasteiger partial charge in [0.2, 0.25) is 5.91 Å². The molecule has 0 bridgehead atoms. The molecule has 8 nitrogen and oxygen atoms in total. The van der Waals surface area contributed by atoms with Crippen molar-refractivity contribution in [2.75, 3.05) is 11.4 Å². The van der Waals surface area contributed by atoms with Crippen LogP contribution in [0.1, 0.15) is 77.9 Å². The summed E-state index contributed by atoms with van der Waals surface area (Å²) in [5.41, 5.74) is 0.762. The van der Waals surface area contributed by atoms with E-state index >= 15 is 0 Å². The van der Waals surface area contributed by atoms with Crippen LogP contribution in [-0.4, -0.2) is 46.3 Å². The highest BCUT2D eigenvalue weighted by atomic mass is 35.5. The van der Waals surface area contributed by atoms with Gasteiger partial charge in [-0.1, -0.05) is 11.6 Å². The number of aromatic nitrogens is 2. The number of aryl methyl sites for hydroxylation is 1. The van der Waals surface area contributed by atoms with Crippen LogP contribution in [0.25, 0.3) is 0 Å². The number of carbonyl (C=O) groups excluding carboxylic acids is 3. The van der Waals surface area contributed by atoms with E-state index in [1.165, 1.54) is 12.4 Å². The lowest BCUT2D eigenvalue weighted by molar-refractivity contribution is -0.132. The molecule has 3 amide bonds. The molecule has 2 saturated carbocycles. The number of benzene rings is 1. The number of hydrogen-bond donors (Lipinski definition) is 3. The Kier molecular flexibility index (Phi) is 6.29. The number of nitrogens with one attached hydrogen (secondary N) is 3. The van der Waals surface area contributed by atoms with Crippen LogP contribution in [-0.2, 0) is 4.79 Å². The summed E-state index contributed by atoms with van der Waals surface area (Å²) >= 11 is 6.31. The molecule has 0 atom stereocenters. The quantitative estimate of drug-likeness (QED) is 0.577. The van der Waals surface area contributed by atoms with E-state index in [4.69, 9.17) is 11.6 Å². The van der Waals surface area contributed by atoms with E-state index in [1.807, 2.05) is 0 Å². The normalized spacial score (nSPS) is 24.5. The molecule has 1 aromatic heterocycles. The maximum atomic E-state index is 13.9. The Morgan fingerprint density at radius 1 is 1.11 bits per heavy atom. The third-order valence-corrected chi connectivity index (χ3v) is 7.83. The first kappa shape index (κ1) is 23.8. The van der Waals surface area contributed by atoms with Crippen LogP contribution < -0.4 is 15.5 Å². The van der Waals surface area contributed by atoms with Gasteiger partial charge in [-0.05, 0) is 76.0 Å². The molecule has 2 aromatic rings. The molecule has 10 heteroatoms. The predicted molar refractivity (Wildman–Crippen MR) is 129 cm³/mol. The zero-order chi connectivity index (χ0) is 24.7. The van der Waals surface area contributed by atoms with Crippen LogP contribution in [0.15, 0.2) is 18.5 Å². The third kappa shape index (κ3) is 4.66. The van der Waals surface area contributed by atoms with Crippen molar-refractivity contribution in [3.05, 3.63) is 46.3 Å². The topological polar surface area (TPSA) is 107 Å². The van der Waals surface area contributed by atoms with Crippen molar-refractivity contribution in [1.29, 1.82) is 0 Å². The highest BCUT2D eigenvalue weighted by Gasteiger charge is 2.47. The zero-order valence-electron chi connectivity index (χ0n) is 19.6. The van der Waals surface area contributed by atoms with Crippen molar-refractivity contribution in [2.24, 2.45) is 5.41 Å². The molecule has 2 heterocycles. The van der Waals surface area contributed by atoms with Crippen LogP contribution in [0, 0.1) is 18.2 Å². The first-order chi connectivity index (χ1) is 16.8. The summed E-state index contributed by atoms with van der Waals surface area (Å²) in [5.74, 6) is -1.08. The summed E-state index contributed by atoms with van der Waals surface area (Å²) < 4.78 is 13.9. The first-order valence-corrected chi connectivity index (χ1v) is 12.6. The van der Waals surface area contributed by atoms with Crippen LogP contribution >= 0.6 is 11.6 Å². The average Bonchev–Trinajstić information content (AvgIpc) is 3.50. The number of aromatic amines is 1. The maximum Gasteiger partial charge on any atom is 0.272 e. The second-order valence-electron chi connectivity index (χ2n) is 10.0. The Bertz CT molecular complexity index is 1170. The number of rotatable bonds is 5. The number of hydrogen-bond acceptors (Lipinski definition) is 4. The fourth-order valence-electron chi connectivity index (χ4n) is 5.31. The van der Waals surface area contributed by atoms with Crippen molar-refractivity contribution >= 4 is 35.0 Å². The minimum Gasteiger partial charge on any atom is -0.348 e. The molecule has 5 rings (SSSR count). The van der Waals surface area contributed by atoms with E-state index in [2.05, 4.69) is 20.6 Å². The fourth-order valence-corrected chi connectivity index (χ4v) is 5.56. The first-order valence-electron chi connectivity index (χ1n) is 12.2. The molecule has 3 fully saturated rings. The van der Waals surface area contributed by atoms with Gasteiger partial charge in [-0.25, -0.2) is 9.37 Å². The van der Waals surface area contributed by atoms with Crippen molar-refractivity contribution in [2.45, 2.75) is 70.4 Å². The lowest BCUT2D eigenvalue weighted by atomic mass is 9.67. The molecule has 35 heavy (non-hydrogen) atoms. The number of halogens is 2. The van der Waals surface area contributed by atoms with Gasteiger partial charge in [0.25, 0.3) is 11.8 Å². The standard InChI is InChI=1S/C25H29ClFN5O3/c1-14-11-19(17(26)12-18(14)27)32-10-2-7-25(24(32)35)8-5-16(6-9-25)31-23(34)21-20(28-13-29-21)22(33)30-15-3-4-15/h11-13,15-16H,2-10H2,1H3,(H,28,29)(H,30,33)(H,31,34)/t16-,25-. The molecule has 3 N–H and O–H groups in total. The lowest BCUT2D eigenvalue weighted by Crippen LogP contribution is -2.52. The van der Waals surface area contributed by atoms with Crippen molar-refractivity contribution < 1.29 is 18.8 Å². The molecule has 1 saturated heterocycles. The third-order valence-electron chi connectivity index (χ3n) is 7.53. The number of carbonyl (C=O) groups is 3. The molecule has 1 aliphatic heterocycles. The van der Waals surface area contributed by atoms with E-state index in [0.717, 1.165) is 25.7 Å². The van der Waals surface area contributed by atoms with E-state index in [9.17, 15) is 18.8 Å². The SMILES string of the molecule is Cc1cc(N2CCC[C@]3(CC[C@@H](NC(=O)c4[nH]cnc4C(=O)NC4CC4)CC3)C2=O)c(Cl)cc1F. The number of piperidine rings is 1. The average molecular weight is 502 g/mol. The molecule has 0 unspecified atom stereocenters. The molecular formula is C25H29ClFN5O3. The van der Waals surface area contributed by atoms with Crippen LogP contribution in [0.3, 0.4) is 0 Å². The molecule has 3 aliphatic rings. The van der Waals surface area contributed by atoms with Crippen LogP contribution in [0.4, 0.5) is 10.1 Å². The van der Waals surface area contributed by atoms with Gasteiger partial charge in [-0.3, -0.25) is 14.4 Å². The summed E-state index contributed by atoms with van der Waals surface area (Å²) in [6.45, 7) is 2.21. The minimum absolute atomic E-state index is 0.0223. The van der Waals surface area contributed by atoms with Gasteiger partial charge in [0.05, 0.1) is 17.0 Å². The van der Waals surface area contributed by atoms with Gasteiger partial charge in [-0.2, -0.15) is 0 Å². The monoisotopic (exact) mass is 501 g/mol. The number of H-pyrrole nitrogens is 1. The molecule has 1 spiro atoms. The van der Waals surface area contributed by atoms with Gasteiger partial charge < -0.3 is 20.5 Å². The maximum absolute atomic E-state index is 13.9. The highest BCUT2D eigenvalue weighted by molar-refractivity contribution is 6.34. The summed E-state index contributed by atoms with van der Waals surface area (Å²) in [7, 11) is 0. The molecule has 2 aliphatic carbocycles.